The minimum atomic E-state index is -0.433. The Hall–Kier alpha value is -3.76. The average molecular weight is 933 g/mol. The van der Waals surface area contributed by atoms with Crippen LogP contribution in [0.25, 0.3) is 0 Å². The number of hydrogen-bond donors (Lipinski definition) is 2. The first-order valence-corrected chi connectivity index (χ1v) is 28.0. The molecule has 8 atom stereocenters. The number of likely N-dealkylation sites (tertiary alicyclic amines) is 2. The lowest BCUT2D eigenvalue weighted by Gasteiger charge is -2.39. The van der Waals surface area contributed by atoms with E-state index in [9.17, 15) is 19.2 Å². The van der Waals surface area contributed by atoms with E-state index < -0.39 is 12.1 Å². The summed E-state index contributed by atoms with van der Waals surface area (Å²) >= 11 is 0. The highest BCUT2D eigenvalue weighted by atomic mass is 16.2. The Morgan fingerprint density at radius 1 is 0.544 bits per heavy atom. The summed E-state index contributed by atoms with van der Waals surface area (Å²) in [6.45, 7) is 13.3. The Morgan fingerprint density at radius 3 is 1.34 bits per heavy atom. The maximum absolute atomic E-state index is 14.8. The van der Waals surface area contributed by atoms with Crippen molar-refractivity contribution in [2.24, 2.45) is 23.7 Å². The third kappa shape index (κ3) is 12.0. The first kappa shape index (κ1) is 50.6. The molecule has 4 amide bonds. The molecule has 2 aliphatic heterocycles. The first-order valence-electron chi connectivity index (χ1n) is 28.0. The van der Waals surface area contributed by atoms with Crippen LogP contribution in [0.5, 0.6) is 0 Å². The molecule has 374 valence electrons. The topological polar surface area (TPSA) is 105 Å². The van der Waals surface area contributed by atoms with Crippen LogP contribution in [-0.4, -0.2) is 107 Å². The Bertz CT molecular complexity index is 1840. The molecule has 10 heteroatoms. The van der Waals surface area contributed by atoms with Gasteiger partial charge in [0.1, 0.15) is 12.1 Å². The van der Waals surface area contributed by atoms with Gasteiger partial charge in [0, 0.05) is 62.2 Å². The van der Waals surface area contributed by atoms with Gasteiger partial charge in [-0.2, -0.15) is 0 Å². The SMILES string of the molecule is CC[C@@H](C)C(=O)NC(C(=O)N1CCC[C@H]1CN(CCCCN(C[C@@H]1CCCN1C(=O)[C@@H](NC(=O)[C@H](C)CC)C1CCCCC1)C1CCc2ccccc21)C1CCc2ccccc21)C1CCCCC1. The fraction of sp³-hybridized carbons (Fsp3) is 0.724. The van der Waals surface area contributed by atoms with Gasteiger partial charge in [0.25, 0.3) is 0 Å². The average Bonchev–Trinajstić information content (AvgIpc) is 4.22. The van der Waals surface area contributed by atoms with Gasteiger partial charge < -0.3 is 20.4 Å². The lowest BCUT2D eigenvalue weighted by molar-refractivity contribution is -0.140. The molecule has 0 spiro atoms. The number of fused-ring (bicyclic) bond motifs is 2. The number of carbonyl (C=O) groups excluding carboxylic acids is 4. The van der Waals surface area contributed by atoms with Crippen LogP contribution < -0.4 is 10.6 Å². The van der Waals surface area contributed by atoms with Gasteiger partial charge in [-0.25, -0.2) is 0 Å². The lowest BCUT2D eigenvalue weighted by atomic mass is 9.83. The minimum absolute atomic E-state index is 0.0212. The molecule has 6 aliphatic rings. The van der Waals surface area contributed by atoms with E-state index in [0.29, 0.717) is 12.1 Å². The van der Waals surface area contributed by atoms with Crippen LogP contribution in [0.4, 0.5) is 0 Å². The predicted molar refractivity (Wildman–Crippen MR) is 273 cm³/mol. The van der Waals surface area contributed by atoms with Gasteiger partial charge in [-0.05, 0) is 150 Å². The maximum Gasteiger partial charge on any atom is 0.245 e. The number of unbranched alkanes of at least 4 members (excludes halogenated alkanes) is 1. The van der Waals surface area contributed by atoms with Crippen molar-refractivity contribution < 1.29 is 19.2 Å². The van der Waals surface area contributed by atoms with Gasteiger partial charge in [-0.15, -0.1) is 0 Å². The summed E-state index contributed by atoms with van der Waals surface area (Å²) in [5, 5.41) is 6.64. The smallest absolute Gasteiger partial charge is 0.245 e. The van der Waals surface area contributed by atoms with Gasteiger partial charge in [0.15, 0.2) is 0 Å². The molecule has 2 N–H and O–H groups in total. The molecule has 2 saturated heterocycles. The van der Waals surface area contributed by atoms with Gasteiger partial charge in [0.05, 0.1) is 0 Å². The number of carbonyl (C=O) groups is 4. The van der Waals surface area contributed by atoms with Crippen molar-refractivity contribution in [2.45, 2.75) is 205 Å². The van der Waals surface area contributed by atoms with Gasteiger partial charge in [-0.3, -0.25) is 29.0 Å². The zero-order chi connectivity index (χ0) is 47.6. The second-order valence-electron chi connectivity index (χ2n) is 22.2. The zero-order valence-corrected chi connectivity index (χ0v) is 42.6. The highest BCUT2D eigenvalue weighted by Gasteiger charge is 2.42. The Balaban J connectivity index is 0.979. The molecule has 10 nitrogen and oxygen atoms in total. The van der Waals surface area contributed by atoms with E-state index in [1.54, 1.807) is 0 Å². The molecule has 4 fully saturated rings. The van der Waals surface area contributed by atoms with Gasteiger partial charge in [-0.1, -0.05) is 115 Å². The predicted octanol–water partition coefficient (Wildman–Crippen LogP) is 9.95. The zero-order valence-electron chi connectivity index (χ0n) is 42.6. The van der Waals surface area contributed by atoms with Crippen LogP contribution in [0.15, 0.2) is 48.5 Å². The van der Waals surface area contributed by atoms with Gasteiger partial charge >= 0.3 is 0 Å². The number of aryl methyl sites for hydroxylation is 2. The van der Waals surface area contributed by atoms with E-state index in [2.05, 4.69) is 92.6 Å². The van der Waals surface area contributed by atoms with Crippen LogP contribution >= 0.6 is 0 Å². The summed E-state index contributed by atoms with van der Waals surface area (Å²) in [6, 6.07) is 18.1. The van der Waals surface area contributed by atoms with Crippen LogP contribution in [0.1, 0.15) is 190 Å². The van der Waals surface area contributed by atoms with E-state index in [1.165, 1.54) is 35.1 Å². The van der Waals surface area contributed by atoms with Crippen LogP contribution in [0.3, 0.4) is 0 Å². The van der Waals surface area contributed by atoms with E-state index in [1.807, 2.05) is 13.8 Å². The lowest BCUT2D eigenvalue weighted by Crippen LogP contribution is -2.56. The molecule has 8 rings (SSSR count). The van der Waals surface area contributed by atoms with Crippen molar-refractivity contribution in [1.29, 1.82) is 0 Å². The number of amides is 4. The van der Waals surface area contributed by atoms with E-state index in [4.69, 9.17) is 0 Å². The van der Waals surface area contributed by atoms with Crippen molar-refractivity contribution in [3.8, 4) is 0 Å². The Morgan fingerprint density at radius 2 is 0.941 bits per heavy atom. The van der Waals surface area contributed by atoms with Crippen molar-refractivity contribution in [1.82, 2.24) is 30.2 Å². The number of benzene rings is 2. The van der Waals surface area contributed by atoms with Crippen LogP contribution in [0, 0.1) is 23.7 Å². The molecule has 4 aliphatic carbocycles. The maximum atomic E-state index is 14.8. The highest BCUT2D eigenvalue weighted by molar-refractivity contribution is 5.90. The van der Waals surface area contributed by atoms with Crippen molar-refractivity contribution in [3.63, 3.8) is 0 Å². The van der Waals surface area contributed by atoms with Crippen molar-refractivity contribution in [2.75, 3.05) is 39.3 Å². The Kier molecular flexibility index (Phi) is 18.2. The van der Waals surface area contributed by atoms with E-state index in [-0.39, 0.29) is 59.4 Å². The number of nitrogens with one attached hydrogen (secondary N) is 2. The minimum Gasteiger partial charge on any atom is -0.344 e. The molecule has 2 aromatic rings. The molecule has 0 radical (unpaired) electrons. The molecule has 0 aromatic heterocycles. The summed E-state index contributed by atoms with van der Waals surface area (Å²) in [4.78, 5) is 66.3. The largest absolute Gasteiger partial charge is 0.344 e. The number of nitrogens with zero attached hydrogens (tertiary/aromatic N) is 4. The first-order chi connectivity index (χ1) is 33.1. The number of rotatable bonds is 21. The Labute approximate surface area is 410 Å². The fourth-order valence-corrected chi connectivity index (χ4v) is 13.4. The number of hydrogen-bond acceptors (Lipinski definition) is 6. The molecule has 0 bridgehead atoms. The molecule has 2 aromatic carbocycles. The standard InChI is InChI=1S/C58H88N6O4/c1-5-41(3)55(65)59-53(45-23-9-7-10-24-45)57(67)63-37-19-27-47(63)39-61(51-33-31-43-21-13-15-29-49(43)51)35-17-18-36-62(52-34-32-44-22-14-16-30-50(44)52)40-48-28-20-38-64(48)58(68)54(46-25-11-8-12-26-46)60-56(66)42(4)6-2/h13-16,21-22,29-30,41-42,45-48,51-54H,5-12,17-20,23-28,31-40H2,1-4H3,(H,59,65)(H,60,66)/t41-,42-,47+,48+,51?,52?,53+,54?/m1/s1. The monoisotopic (exact) mass is 933 g/mol. The third-order valence-electron chi connectivity index (χ3n) is 17.9. The summed E-state index contributed by atoms with van der Waals surface area (Å²) in [6.07, 6.45) is 23.0. The molecule has 2 saturated carbocycles. The highest BCUT2D eigenvalue weighted by Crippen LogP contribution is 2.40. The quantitative estimate of drug-likeness (QED) is 0.121. The summed E-state index contributed by atoms with van der Waals surface area (Å²) in [5.74, 6) is 0.554. The molecule has 2 heterocycles. The van der Waals surface area contributed by atoms with E-state index in [0.717, 1.165) is 168 Å². The molecular formula is C58H88N6O4. The third-order valence-corrected chi connectivity index (χ3v) is 17.9. The summed E-state index contributed by atoms with van der Waals surface area (Å²) in [7, 11) is 0. The normalized spacial score (nSPS) is 25.0. The molecular weight excluding hydrogens is 845 g/mol. The van der Waals surface area contributed by atoms with E-state index >= 15 is 0 Å². The second-order valence-corrected chi connectivity index (χ2v) is 22.2. The van der Waals surface area contributed by atoms with Crippen LogP contribution in [0.2, 0.25) is 0 Å². The fourth-order valence-electron chi connectivity index (χ4n) is 13.4. The molecule has 68 heavy (non-hydrogen) atoms. The summed E-state index contributed by atoms with van der Waals surface area (Å²) in [5.41, 5.74) is 5.82. The summed E-state index contributed by atoms with van der Waals surface area (Å²) < 4.78 is 0. The second kappa shape index (κ2) is 24.4. The van der Waals surface area contributed by atoms with Crippen LogP contribution in [-0.2, 0) is 32.0 Å². The van der Waals surface area contributed by atoms with Gasteiger partial charge in [0.2, 0.25) is 23.6 Å². The van der Waals surface area contributed by atoms with Crippen molar-refractivity contribution in [3.05, 3.63) is 70.8 Å². The van der Waals surface area contributed by atoms with Crippen molar-refractivity contribution >= 4 is 23.6 Å². The molecule has 3 unspecified atom stereocenters.